The van der Waals surface area contributed by atoms with Crippen LogP contribution in [0.25, 0.3) is 0 Å². The summed E-state index contributed by atoms with van der Waals surface area (Å²) in [5.74, 6) is 1.21. The fraction of sp³-hybridized carbons (Fsp3) is 0.923. The fourth-order valence-electron chi connectivity index (χ4n) is 2.84. The lowest BCUT2D eigenvalue weighted by Gasteiger charge is -2.28. The Morgan fingerprint density at radius 3 is 1.33 bits per heavy atom. The second kappa shape index (κ2) is 19.5. The van der Waals surface area contributed by atoms with Crippen LogP contribution in [0, 0.1) is 11.8 Å². The van der Waals surface area contributed by atoms with E-state index < -0.39 is 23.5 Å². The molecule has 0 rings (SSSR count). The number of rotatable bonds is 20. The van der Waals surface area contributed by atoms with Crippen LogP contribution in [-0.4, -0.2) is 77.4 Å². The number of hydrogen-bond acceptors (Lipinski definition) is 10. The average molecular weight is 523 g/mol. The SMILES string of the molecule is CCC(C)CCOCC(C)(CCOC(=O)OOC(=O)OCCC(C)(COCCC(C)CC)OC)OC. The quantitative estimate of drug-likeness (QED) is 0.0854. The molecule has 0 aromatic carbocycles. The van der Waals surface area contributed by atoms with Gasteiger partial charge in [0.1, 0.15) is 0 Å². The molecule has 0 heterocycles. The Hall–Kier alpha value is -1.62. The molecule has 4 unspecified atom stereocenters. The normalized spacial score (nSPS) is 16.3. The third kappa shape index (κ3) is 16.9. The lowest BCUT2D eigenvalue weighted by molar-refractivity contribution is -0.219. The van der Waals surface area contributed by atoms with Gasteiger partial charge in [-0.1, -0.05) is 40.5 Å². The van der Waals surface area contributed by atoms with E-state index in [1.807, 2.05) is 13.8 Å². The molecule has 0 spiro atoms. The Bertz CT molecular complexity index is 537. The zero-order chi connectivity index (χ0) is 27.5. The van der Waals surface area contributed by atoms with Crippen molar-refractivity contribution in [1.29, 1.82) is 0 Å². The molecule has 0 N–H and O–H groups in total. The van der Waals surface area contributed by atoms with Crippen molar-refractivity contribution in [3.63, 3.8) is 0 Å². The van der Waals surface area contributed by atoms with E-state index in [-0.39, 0.29) is 13.2 Å². The molecule has 0 fully saturated rings. The van der Waals surface area contributed by atoms with E-state index in [4.69, 9.17) is 28.4 Å². The highest BCUT2D eigenvalue weighted by Gasteiger charge is 2.26. The first kappa shape index (κ1) is 34.4. The van der Waals surface area contributed by atoms with Gasteiger partial charge in [-0.05, 0) is 38.5 Å². The van der Waals surface area contributed by atoms with Crippen molar-refractivity contribution in [2.24, 2.45) is 11.8 Å². The molecular formula is C26H50O10. The lowest BCUT2D eigenvalue weighted by Crippen LogP contribution is -2.35. The van der Waals surface area contributed by atoms with Gasteiger partial charge in [-0.2, -0.15) is 19.4 Å². The highest BCUT2D eigenvalue weighted by molar-refractivity contribution is 5.63. The molecule has 0 aromatic rings. The molecular weight excluding hydrogens is 472 g/mol. The van der Waals surface area contributed by atoms with Gasteiger partial charge in [0.2, 0.25) is 0 Å². The monoisotopic (exact) mass is 522 g/mol. The van der Waals surface area contributed by atoms with Gasteiger partial charge < -0.3 is 28.4 Å². The van der Waals surface area contributed by atoms with Gasteiger partial charge in [-0.3, -0.25) is 0 Å². The van der Waals surface area contributed by atoms with Gasteiger partial charge in [0.15, 0.2) is 0 Å². The zero-order valence-electron chi connectivity index (χ0n) is 23.7. The maximum Gasteiger partial charge on any atom is 0.549 e. The van der Waals surface area contributed by atoms with Crippen molar-refractivity contribution in [2.45, 2.75) is 91.3 Å². The van der Waals surface area contributed by atoms with Crippen LogP contribution in [0.1, 0.15) is 80.1 Å². The summed E-state index contributed by atoms with van der Waals surface area (Å²) >= 11 is 0. The molecule has 10 heteroatoms. The van der Waals surface area contributed by atoms with Crippen molar-refractivity contribution in [3.8, 4) is 0 Å². The minimum absolute atomic E-state index is 0.000465. The summed E-state index contributed by atoms with van der Waals surface area (Å²) in [6, 6.07) is 0. The minimum Gasteiger partial charge on any atom is -0.432 e. The second-order valence-corrected chi connectivity index (χ2v) is 9.88. The molecule has 0 radical (unpaired) electrons. The van der Waals surface area contributed by atoms with Gasteiger partial charge >= 0.3 is 12.3 Å². The summed E-state index contributed by atoms with van der Waals surface area (Å²) in [6.07, 6.45) is 2.61. The Kier molecular flexibility index (Phi) is 18.6. The summed E-state index contributed by atoms with van der Waals surface area (Å²) in [4.78, 5) is 32.1. The first-order valence-corrected chi connectivity index (χ1v) is 13.0. The average Bonchev–Trinajstić information content (AvgIpc) is 2.87. The Balaban J connectivity index is 4.09. The van der Waals surface area contributed by atoms with Gasteiger partial charge in [0.05, 0.1) is 37.6 Å². The van der Waals surface area contributed by atoms with E-state index in [1.54, 1.807) is 14.2 Å². The topological polar surface area (TPSA) is 108 Å². The molecule has 36 heavy (non-hydrogen) atoms. The Labute approximate surface area is 217 Å². The molecule has 0 saturated carbocycles. The third-order valence-electron chi connectivity index (χ3n) is 6.58. The van der Waals surface area contributed by atoms with E-state index in [1.165, 1.54) is 0 Å². The van der Waals surface area contributed by atoms with E-state index >= 15 is 0 Å². The summed E-state index contributed by atoms with van der Waals surface area (Å²) in [5, 5.41) is 0. The van der Waals surface area contributed by atoms with Gasteiger partial charge in [-0.25, -0.2) is 0 Å². The van der Waals surface area contributed by atoms with Crippen LogP contribution in [0.2, 0.25) is 0 Å². The molecule has 10 nitrogen and oxygen atoms in total. The molecule has 4 atom stereocenters. The standard InChI is InChI=1S/C26H50O10/c1-9-21(3)11-15-31-19-25(5,29-7)13-17-33-23(27)35-36-24(28)34-18-14-26(6,30-8)20-32-16-12-22(4)10-2/h21-22H,9-20H2,1-8H3. The van der Waals surface area contributed by atoms with Gasteiger partial charge in [0, 0.05) is 40.3 Å². The smallest absolute Gasteiger partial charge is 0.432 e. The summed E-state index contributed by atoms with van der Waals surface area (Å²) in [5.41, 5.74) is -1.25. The summed E-state index contributed by atoms with van der Waals surface area (Å²) in [7, 11) is 3.15. The highest BCUT2D eigenvalue weighted by atomic mass is 17.3. The van der Waals surface area contributed by atoms with Gasteiger partial charge in [-0.15, -0.1) is 0 Å². The van der Waals surface area contributed by atoms with Crippen LogP contribution < -0.4 is 0 Å². The van der Waals surface area contributed by atoms with Crippen LogP contribution in [0.5, 0.6) is 0 Å². The maximum atomic E-state index is 11.7. The van der Waals surface area contributed by atoms with Gasteiger partial charge in [0.25, 0.3) is 0 Å². The van der Waals surface area contributed by atoms with E-state index in [0.717, 1.165) is 25.7 Å². The molecule has 0 saturated heterocycles. The first-order valence-electron chi connectivity index (χ1n) is 13.0. The predicted molar refractivity (Wildman–Crippen MR) is 135 cm³/mol. The van der Waals surface area contributed by atoms with Crippen molar-refractivity contribution in [3.05, 3.63) is 0 Å². The Morgan fingerprint density at radius 1 is 0.667 bits per heavy atom. The second-order valence-electron chi connectivity index (χ2n) is 9.88. The van der Waals surface area contributed by atoms with E-state index in [9.17, 15) is 9.59 Å². The molecule has 0 aliphatic carbocycles. The molecule has 0 bridgehead atoms. The van der Waals surface area contributed by atoms with Crippen molar-refractivity contribution in [1.82, 2.24) is 0 Å². The highest BCUT2D eigenvalue weighted by Crippen LogP contribution is 2.18. The van der Waals surface area contributed by atoms with Crippen molar-refractivity contribution >= 4 is 12.3 Å². The van der Waals surface area contributed by atoms with Crippen LogP contribution in [0.15, 0.2) is 0 Å². The molecule has 0 aliphatic rings. The number of carbonyl (C=O) groups excluding carboxylic acids is 2. The predicted octanol–water partition coefficient (Wildman–Crippen LogP) is 5.70. The molecule has 214 valence electrons. The van der Waals surface area contributed by atoms with Crippen molar-refractivity contribution < 1.29 is 47.8 Å². The number of hydrogen-bond donors (Lipinski definition) is 0. The number of methoxy groups -OCH3 is 2. The number of carbonyl (C=O) groups is 2. The van der Waals surface area contributed by atoms with Crippen LogP contribution in [0.4, 0.5) is 9.59 Å². The number of ether oxygens (including phenoxy) is 6. The maximum absolute atomic E-state index is 11.7. The largest absolute Gasteiger partial charge is 0.549 e. The molecule has 0 aromatic heterocycles. The lowest BCUT2D eigenvalue weighted by atomic mass is 10.0. The van der Waals surface area contributed by atoms with Crippen molar-refractivity contribution in [2.75, 3.05) is 53.9 Å². The van der Waals surface area contributed by atoms with E-state index in [0.29, 0.717) is 51.1 Å². The third-order valence-corrected chi connectivity index (χ3v) is 6.58. The van der Waals surface area contributed by atoms with Crippen LogP contribution >= 0.6 is 0 Å². The first-order chi connectivity index (χ1) is 17.0. The van der Waals surface area contributed by atoms with Crippen LogP contribution in [-0.2, 0) is 38.2 Å². The summed E-state index contributed by atoms with van der Waals surface area (Å²) in [6.45, 7) is 14.4. The zero-order valence-corrected chi connectivity index (χ0v) is 23.7. The van der Waals surface area contributed by atoms with Crippen LogP contribution in [0.3, 0.4) is 0 Å². The van der Waals surface area contributed by atoms with E-state index in [2.05, 4.69) is 37.5 Å². The fourth-order valence-corrected chi connectivity index (χ4v) is 2.84. The Morgan fingerprint density at radius 2 is 1.03 bits per heavy atom. The minimum atomic E-state index is -1.15. The molecule has 0 amide bonds. The molecule has 0 aliphatic heterocycles. The summed E-state index contributed by atoms with van der Waals surface area (Å²) < 4.78 is 32.3.